The summed E-state index contributed by atoms with van der Waals surface area (Å²) in [6.07, 6.45) is 18.2. The van der Waals surface area contributed by atoms with E-state index in [9.17, 15) is 0 Å². The molecule has 0 fully saturated rings. The maximum Gasteiger partial charge on any atom is -0.00369 e. The Bertz CT molecular complexity index is 132. The fourth-order valence-electron chi connectivity index (χ4n) is 2.44. The van der Waals surface area contributed by atoms with Crippen molar-refractivity contribution in [1.82, 2.24) is 5.32 Å². The molecule has 0 rings (SSSR count). The first-order chi connectivity index (χ1) is 9.41. The molecule has 0 saturated heterocycles. The highest BCUT2D eigenvalue weighted by Gasteiger charge is 1.93. The first-order valence-corrected chi connectivity index (χ1v) is 8.82. The molecule has 0 radical (unpaired) electrons. The molecule has 0 aliphatic carbocycles. The van der Waals surface area contributed by atoms with Gasteiger partial charge in [0.15, 0.2) is 0 Å². The van der Waals surface area contributed by atoms with Gasteiger partial charge < -0.3 is 11.1 Å². The standard InChI is InChI=1S/C17H38N2/c1-2-3-4-5-6-7-8-9-10-11-12-13-16-19-17-14-15-18/h19H,2-18H2,1H3. The van der Waals surface area contributed by atoms with Gasteiger partial charge in [0.25, 0.3) is 0 Å². The van der Waals surface area contributed by atoms with E-state index in [1.54, 1.807) is 0 Å². The van der Waals surface area contributed by atoms with E-state index in [0.717, 1.165) is 19.5 Å². The lowest BCUT2D eigenvalue weighted by Gasteiger charge is -2.04. The quantitative estimate of drug-likeness (QED) is 0.401. The molecule has 0 bridgehead atoms. The van der Waals surface area contributed by atoms with E-state index < -0.39 is 0 Å². The molecule has 0 saturated carbocycles. The van der Waals surface area contributed by atoms with Crippen molar-refractivity contribution in [2.75, 3.05) is 19.6 Å². The van der Waals surface area contributed by atoms with Crippen LogP contribution in [0.4, 0.5) is 0 Å². The lowest BCUT2D eigenvalue weighted by atomic mass is 10.1. The molecule has 0 unspecified atom stereocenters. The smallest absolute Gasteiger partial charge is 0.00369 e. The highest BCUT2D eigenvalue weighted by Crippen LogP contribution is 2.11. The van der Waals surface area contributed by atoms with Crippen LogP contribution in [0.1, 0.15) is 90.4 Å². The summed E-state index contributed by atoms with van der Waals surface area (Å²) in [5.41, 5.74) is 5.44. The number of hydrogen-bond acceptors (Lipinski definition) is 2. The fraction of sp³-hybridized carbons (Fsp3) is 1.00. The number of nitrogens with two attached hydrogens (primary N) is 1. The zero-order valence-electron chi connectivity index (χ0n) is 13.4. The van der Waals surface area contributed by atoms with Crippen LogP contribution in [-0.4, -0.2) is 19.6 Å². The van der Waals surface area contributed by atoms with E-state index >= 15 is 0 Å². The summed E-state index contributed by atoms with van der Waals surface area (Å²) in [5.74, 6) is 0. The SMILES string of the molecule is CCCCCCCCCCCCCCNCCCN. The van der Waals surface area contributed by atoms with Crippen LogP contribution < -0.4 is 11.1 Å². The molecule has 0 aromatic rings. The van der Waals surface area contributed by atoms with Crippen molar-refractivity contribution >= 4 is 0 Å². The number of rotatable bonds is 16. The Hall–Kier alpha value is -0.0800. The van der Waals surface area contributed by atoms with E-state index in [0.29, 0.717) is 0 Å². The van der Waals surface area contributed by atoms with Gasteiger partial charge in [0.1, 0.15) is 0 Å². The van der Waals surface area contributed by atoms with Crippen LogP contribution in [-0.2, 0) is 0 Å². The summed E-state index contributed by atoms with van der Waals surface area (Å²) >= 11 is 0. The third-order valence-corrected chi connectivity index (χ3v) is 3.76. The molecule has 2 heteroatoms. The molecule has 0 aliphatic rings. The predicted molar refractivity (Wildman–Crippen MR) is 87.6 cm³/mol. The van der Waals surface area contributed by atoms with Crippen LogP contribution in [0, 0.1) is 0 Å². The molecular formula is C17H38N2. The second-order valence-corrected chi connectivity index (χ2v) is 5.78. The van der Waals surface area contributed by atoms with Gasteiger partial charge in [-0.2, -0.15) is 0 Å². The Labute approximate surface area is 121 Å². The molecule has 3 N–H and O–H groups in total. The van der Waals surface area contributed by atoms with Crippen molar-refractivity contribution in [3.8, 4) is 0 Å². The van der Waals surface area contributed by atoms with E-state index in [4.69, 9.17) is 5.73 Å². The minimum absolute atomic E-state index is 0.811. The fourth-order valence-corrected chi connectivity index (χ4v) is 2.44. The normalized spacial score (nSPS) is 11.1. The molecule has 0 amide bonds. The third-order valence-electron chi connectivity index (χ3n) is 3.76. The lowest BCUT2D eigenvalue weighted by molar-refractivity contribution is 0.534. The highest BCUT2D eigenvalue weighted by atomic mass is 14.8. The maximum atomic E-state index is 5.44. The number of unbranched alkanes of at least 4 members (excludes halogenated alkanes) is 11. The summed E-state index contributed by atoms with van der Waals surface area (Å²) in [5, 5.41) is 3.44. The van der Waals surface area contributed by atoms with Gasteiger partial charge >= 0.3 is 0 Å². The Kier molecular flexibility index (Phi) is 17.8. The Morgan fingerprint density at radius 1 is 0.579 bits per heavy atom. The average Bonchev–Trinajstić information content (AvgIpc) is 2.43. The molecule has 19 heavy (non-hydrogen) atoms. The van der Waals surface area contributed by atoms with Gasteiger partial charge in [-0.25, -0.2) is 0 Å². The van der Waals surface area contributed by atoms with Gasteiger partial charge in [-0.15, -0.1) is 0 Å². The summed E-state index contributed by atoms with van der Waals surface area (Å²) in [4.78, 5) is 0. The number of hydrogen-bond donors (Lipinski definition) is 2. The Balaban J connectivity index is 2.88. The zero-order chi connectivity index (χ0) is 14.0. The third kappa shape index (κ3) is 17.9. The topological polar surface area (TPSA) is 38.0 Å². The van der Waals surface area contributed by atoms with Crippen LogP contribution in [0.25, 0.3) is 0 Å². The number of nitrogens with one attached hydrogen (secondary N) is 1. The molecule has 0 spiro atoms. The largest absolute Gasteiger partial charge is 0.330 e. The molecule has 2 nitrogen and oxygen atoms in total. The second-order valence-electron chi connectivity index (χ2n) is 5.78. The molecule has 116 valence electrons. The van der Waals surface area contributed by atoms with Crippen LogP contribution in [0.5, 0.6) is 0 Å². The van der Waals surface area contributed by atoms with Gasteiger partial charge in [-0.05, 0) is 32.5 Å². The summed E-state index contributed by atoms with van der Waals surface area (Å²) < 4.78 is 0. The van der Waals surface area contributed by atoms with Gasteiger partial charge in [0.2, 0.25) is 0 Å². The van der Waals surface area contributed by atoms with E-state index in [2.05, 4.69) is 12.2 Å². The Morgan fingerprint density at radius 2 is 1.00 bits per heavy atom. The van der Waals surface area contributed by atoms with Gasteiger partial charge in [0.05, 0.1) is 0 Å². The summed E-state index contributed by atoms with van der Waals surface area (Å²) in [7, 11) is 0. The van der Waals surface area contributed by atoms with E-state index in [-0.39, 0.29) is 0 Å². The van der Waals surface area contributed by atoms with E-state index in [1.165, 1.54) is 83.6 Å². The molecule has 0 aromatic carbocycles. The summed E-state index contributed by atoms with van der Waals surface area (Å²) in [6, 6.07) is 0. The average molecular weight is 271 g/mol. The molecule has 0 aromatic heterocycles. The van der Waals surface area contributed by atoms with Crippen molar-refractivity contribution in [2.24, 2.45) is 5.73 Å². The van der Waals surface area contributed by atoms with Crippen LogP contribution >= 0.6 is 0 Å². The monoisotopic (exact) mass is 270 g/mol. The van der Waals surface area contributed by atoms with Crippen molar-refractivity contribution in [2.45, 2.75) is 90.4 Å². The van der Waals surface area contributed by atoms with Crippen molar-refractivity contribution in [3.63, 3.8) is 0 Å². The Morgan fingerprint density at radius 3 is 1.47 bits per heavy atom. The molecular weight excluding hydrogens is 232 g/mol. The first kappa shape index (κ1) is 18.9. The highest BCUT2D eigenvalue weighted by molar-refractivity contribution is 4.51. The van der Waals surface area contributed by atoms with Crippen molar-refractivity contribution < 1.29 is 0 Å². The van der Waals surface area contributed by atoms with Gasteiger partial charge in [0, 0.05) is 0 Å². The van der Waals surface area contributed by atoms with Gasteiger partial charge in [-0.3, -0.25) is 0 Å². The zero-order valence-corrected chi connectivity index (χ0v) is 13.4. The first-order valence-electron chi connectivity index (χ1n) is 8.82. The maximum absolute atomic E-state index is 5.44. The molecule has 0 atom stereocenters. The molecule has 0 aliphatic heterocycles. The summed E-state index contributed by atoms with van der Waals surface area (Å²) in [6.45, 7) is 5.37. The van der Waals surface area contributed by atoms with Crippen LogP contribution in [0.3, 0.4) is 0 Å². The van der Waals surface area contributed by atoms with E-state index in [1.807, 2.05) is 0 Å². The molecule has 0 heterocycles. The van der Waals surface area contributed by atoms with Crippen LogP contribution in [0.15, 0.2) is 0 Å². The minimum atomic E-state index is 0.811. The second kappa shape index (κ2) is 17.9. The minimum Gasteiger partial charge on any atom is -0.330 e. The predicted octanol–water partition coefficient (Wildman–Crippen LogP) is 4.63. The van der Waals surface area contributed by atoms with Crippen molar-refractivity contribution in [1.29, 1.82) is 0 Å². The van der Waals surface area contributed by atoms with Gasteiger partial charge in [-0.1, -0.05) is 77.6 Å². The van der Waals surface area contributed by atoms with Crippen LogP contribution in [0.2, 0.25) is 0 Å². The lowest BCUT2D eigenvalue weighted by Crippen LogP contribution is -2.19. The van der Waals surface area contributed by atoms with Crippen molar-refractivity contribution in [3.05, 3.63) is 0 Å².